The number of aryl methyl sites for hydroxylation is 1. The third kappa shape index (κ3) is 3.40. The number of nitrogens with zero attached hydrogens (tertiary/aromatic N) is 3. The number of hydrogen-bond acceptors (Lipinski definition) is 4. The number of ether oxygens (including phenoxy) is 1. The van der Waals surface area contributed by atoms with Crippen LogP contribution in [-0.4, -0.2) is 38.9 Å². The number of thiocarbonyl (C=S) groups is 1. The Morgan fingerprint density at radius 1 is 1.39 bits per heavy atom. The van der Waals surface area contributed by atoms with Crippen LogP contribution in [0.5, 0.6) is 5.75 Å². The van der Waals surface area contributed by atoms with Crippen LogP contribution in [0.2, 0.25) is 5.02 Å². The maximum atomic E-state index is 12.6. The van der Waals surface area contributed by atoms with E-state index in [2.05, 4.69) is 10.4 Å². The lowest BCUT2D eigenvalue weighted by molar-refractivity contribution is -0.122. The summed E-state index contributed by atoms with van der Waals surface area (Å²) in [5.41, 5.74) is 4.04. The predicted octanol–water partition coefficient (Wildman–Crippen LogP) is 3.43. The van der Waals surface area contributed by atoms with Gasteiger partial charge in [0.1, 0.15) is 11.4 Å². The van der Waals surface area contributed by atoms with Crippen molar-refractivity contribution < 1.29 is 9.53 Å². The minimum Gasteiger partial charge on any atom is -0.496 e. The molecule has 2 aliphatic rings. The van der Waals surface area contributed by atoms with Crippen molar-refractivity contribution in [2.45, 2.75) is 39.3 Å². The smallest absolute Gasteiger partial charge is 0.276 e. The molecule has 1 aliphatic heterocycles. The van der Waals surface area contributed by atoms with E-state index in [1.165, 1.54) is 0 Å². The van der Waals surface area contributed by atoms with E-state index >= 15 is 0 Å². The Bertz CT molecular complexity index is 1010. The molecular weight excluding hydrogens is 396 g/mol. The molecule has 2 fully saturated rings. The summed E-state index contributed by atoms with van der Waals surface area (Å²) >= 11 is 11.6. The molecule has 0 radical (unpaired) electrons. The fourth-order valence-corrected chi connectivity index (χ4v) is 3.86. The molecule has 1 aromatic carbocycles. The molecule has 1 aliphatic carbocycles. The van der Waals surface area contributed by atoms with Crippen molar-refractivity contribution >= 4 is 40.9 Å². The number of hydrogen-bond donors (Lipinski definition) is 1. The average molecular weight is 417 g/mol. The van der Waals surface area contributed by atoms with Crippen molar-refractivity contribution in [2.24, 2.45) is 0 Å². The summed E-state index contributed by atoms with van der Waals surface area (Å²) in [6.45, 7) is 4.35. The number of rotatable bonds is 5. The minimum absolute atomic E-state index is 0.0600. The summed E-state index contributed by atoms with van der Waals surface area (Å²) in [6, 6.07) is 6.06. The van der Waals surface area contributed by atoms with Crippen LogP contribution in [0.4, 0.5) is 0 Å². The third-order valence-corrected chi connectivity index (χ3v) is 5.90. The van der Waals surface area contributed by atoms with Crippen molar-refractivity contribution in [3.8, 4) is 5.75 Å². The van der Waals surface area contributed by atoms with Gasteiger partial charge in [-0.05, 0) is 62.7 Å². The molecule has 1 saturated carbocycles. The second kappa shape index (κ2) is 7.22. The van der Waals surface area contributed by atoms with Gasteiger partial charge >= 0.3 is 0 Å². The highest BCUT2D eigenvalue weighted by molar-refractivity contribution is 7.80. The Morgan fingerprint density at radius 2 is 2.14 bits per heavy atom. The van der Waals surface area contributed by atoms with Gasteiger partial charge in [0.2, 0.25) is 0 Å². The van der Waals surface area contributed by atoms with Crippen LogP contribution in [0, 0.1) is 13.8 Å². The maximum Gasteiger partial charge on any atom is 0.276 e. The number of amides is 1. The van der Waals surface area contributed by atoms with Crippen LogP contribution in [0.15, 0.2) is 23.9 Å². The summed E-state index contributed by atoms with van der Waals surface area (Å²) in [7, 11) is 1.64. The number of carbonyl (C=O) groups excluding carboxylic acids is 1. The molecule has 2 aromatic rings. The second-order valence-corrected chi connectivity index (χ2v) is 7.87. The standard InChI is InChI=1S/C20H21ClN4O2S/c1-11-18(21)12(2)24(23-11)10-14-8-13(4-7-17(14)27-3)9-16-19(26)25(15-5-6-15)20(28)22-16/h4,7-9,15H,5-6,10H2,1-3H3,(H,22,28)/b16-9+. The first-order valence-electron chi connectivity index (χ1n) is 9.11. The van der Waals surface area contributed by atoms with Crippen molar-refractivity contribution in [2.75, 3.05) is 7.11 Å². The summed E-state index contributed by atoms with van der Waals surface area (Å²) < 4.78 is 7.36. The zero-order valence-corrected chi connectivity index (χ0v) is 17.5. The molecule has 28 heavy (non-hydrogen) atoms. The Kier molecular flexibility index (Phi) is 4.89. The topological polar surface area (TPSA) is 59.4 Å². The molecule has 6 nitrogen and oxygen atoms in total. The molecule has 0 spiro atoms. The van der Waals surface area contributed by atoms with E-state index in [0.29, 0.717) is 22.4 Å². The van der Waals surface area contributed by atoms with Gasteiger partial charge < -0.3 is 10.1 Å². The lowest BCUT2D eigenvalue weighted by Crippen LogP contribution is -2.32. The fraction of sp³-hybridized carbons (Fsp3) is 0.350. The Balaban J connectivity index is 1.64. The van der Waals surface area contributed by atoms with E-state index < -0.39 is 0 Å². The van der Waals surface area contributed by atoms with Crippen molar-refractivity contribution in [1.82, 2.24) is 20.0 Å². The van der Waals surface area contributed by atoms with Crippen LogP contribution in [0.3, 0.4) is 0 Å². The van der Waals surface area contributed by atoms with Gasteiger partial charge in [0, 0.05) is 11.6 Å². The number of carbonyl (C=O) groups is 1. The number of methoxy groups -OCH3 is 1. The van der Waals surface area contributed by atoms with E-state index in [4.69, 9.17) is 28.6 Å². The molecule has 0 unspecified atom stereocenters. The van der Waals surface area contributed by atoms with Gasteiger partial charge in [-0.1, -0.05) is 17.7 Å². The number of halogens is 1. The number of aromatic nitrogens is 2. The number of nitrogens with one attached hydrogen (secondary N) is 1. The lowest BCUT2D eigenvalue weighted by Gasteiger charge is -2.12. The minimum atomic E-state index is -0.0600. The molecule has 1 aromatic heterocycles. The third-order valence-electron chi connectivity index (χ3n) is 5.05. The monoisotopic (exact) mass is 416 g/mol. The zero-order chi connectivity index (χ0) is 20.0. The summed E-state index contributed by atoms with van der Waals surface area (Å²) in [6.07, 6.45) is 3.85. The highest BCUT2D eigenvalue weighted by atomic mass is 35.5. The molecule has 0 atom stereocenters. The summed E-state index contributed by atoms with van der Waals surface area (Å²) in [5, 5.41) is 8.70. The normalized spacial score (nSPS) is 18.1. The highest BCUT2D eigenvalue weighted by Gasteiger charge is 2.41. The molecule has 4 rings (SSSR count). The van der Waals surface area contributed by atoms with Gasteiger partial charge in [-0.25, -0.2) is 0 Å². The van der Waals surface area contributed by atoms with Crippen molar-refractivity contribution in [1.29, 1.82) is 0 Å². The first kappa shape index (κ1) is 19.0. The molecule has 1 saturated heterocycles. The SMILES string of the molecule is COc1ccc(/C=C2/NC(=S)N(C3CC3)C2=O)cc1Cn1nc(C)c(Cl)c1C. The summed E-state index contributed by atoms with van der Waals surface area (Å²) in [5.74, 6) is 0.696. The van der Waals surface area contributed by atoms with E-state index in [9.17, 15) is 4.79 Å². The van der Waals surface area contributed by atoms with Gasteiger partial charge in [0.25, 0.3) is 5.91 Å². The molecule has 2 heterocycles. The van der Waals surface area contributed by atoms with Crippen LogP contribution < -0.4 is 10.1 Å². The van der Waals surface area contributed by atoms with Crippen LogP contribution in [0.25, 0.3) is 6.08 Å². The van der Waals surface area contributed by atoms with Gasteiger partial charge in [0.15, 0.2) is 5.11 Å². The molecule has 1 N–H and O–H groups in total. The van der Waals surface area contributed by atoms with E-state index in [-0.39, 0.29) is 11.9 Å². The van der Waals surface area contributed by atoms with Crippen molar-refractivity contribution in [3.63, 3.8) is 0 Å². The quantitative estimate of drug-likeness (QED) is 0.597. The van der Waals surface area contributed by atoms with Crippen LogP contribution in [-0.2, 0) is 11.3 Å². The predicted molar refractivity (Wildman–Crippen MR) is 112 cm³/mol. The highest BCUT2D eigenvalue weighted by Crippen LogP contribution is 2.31. The molecule has 8 heteroatoms. The average Bonchev–Trinajstić information content (AvgIpc) is 3.42. The van der Waals surface area contributed by atoms with Gasteiger partial charge in [-0.15, -0.1) is 0 Å². The van der Waals surface area contributed by atoms with Crippen LogP contribution in [0.1, 0.15) is 35.4 Å². The first-order valence-corrected chi connectivity index (χ1v) is 9.90. The van der Waals surface area contributed by atoms with Gasteiger partial charge in [0.05, 0.1) is 30.1 Å². The Labute approximate surface area is 174 Å². The fourth-order valence-electron chi connectivity index (χ4n) is 3.38. The first-order chi connectivity index (χ1) is 13.4. The van der Waals surface area contributed by atoms with E-state index in [1.807, 2.05) is 42.8 Å². The molecule has 0 bridgehead atoms. The Hall–Kier alpha value is -2.38. The molecular formula is C20H21ClN4O2S. The molecule has 146 valence electrons. The maximum absolute atomic E-state index is 12.6. The van der Waals surface area contributed by atoms with E-state index in [0.717, 1.165) is 41.1 Å². The number of benzene rings is 1. The van der Waals surface area contributed by atoms with Crippen LogP contribution >= 0.6 is 23.8 Å². The van der Waals surface area contributed by atoms with E-state index in [1.54, 1.807) is 12.0 Å². The van der Waals surface area contributed by atoms with Crippen molar-refractivity contribution in [3.05, 3.63) is 51.4 Å². The second-order valence-electron chi connectivity index (χ2n) is 7.11. The molecule has 1 amide bonds. The van der Waals surface area contributed by atoms with Gasteiger partial charge in [-0.2, -0.15) is 5.10 Å². The Morgan fingerprint density at radius 3 is 2.75 bits per heavy atom. The lowest BCUT2D eigenvalue weighted by atomic mass is 10.1. The summed E-state index contributed by atoms with van der Waals surface area (Å²) in [4.78, 5) is 14.3. The largest absolute Gasteiger partial charge is 0.496 e. The van der Waals surface area contributed by atoms with Gasteiger partial charge in [-0.3, -0.25) is 14.4 Å². The zero-order valence-electron chi connectivity index (χ0n) is 16.0.